The summed E-state index contributed by atoms with van der Waals surface area (Å²) in [6.45, 7) is 1.66. The van der Waals surface area contributed by atoms with Crippen LogP contribution in [0.5, 0.6) is 0 Å². The second-order valence-corrected chi connectivity index (χ2v) is 7.19. The van der Waals surface area contributed by atoms with Gasteiger partial charge < -0.3 is 9.64 Å². The van der Waals surface area contributed by atoms with Gasteiger partial charge in [0.1, 0.15) is 6.54 Å². The van der Waals surface area contributed by atoms with Crippen LogP contribution in [0.15, 0.2) is 39.3 Å². The van der Waals surface area contributed by atoms with Crippen LogP contribution in [0, 0.1) is 6.92 Å². The van der Waals surface area contributed by atoms with Gasteiger partial charge in [0.2, 0.25) is 0 Å². The third kappa shape index (κ3) is 5.47. The molecule has 1 amide bonds. The molecule has 1 aromatic carbocycles. The fraction of sp³-hybridized carbons (Fsp3) is 0.353. The molecule has 1 heterocycles. The molecule has 0 saturated heterocycles. The van der Waals surface area contributed by atoms with E-state index in [1.165, 1.54) is 9.47 Å². The molecule has 8 heteroatoms. The highest BCUT2D eigenvalue weighted by Gasteiger charge is 2.14. The van der Waals surface area contributed by atoms with Crippen molar-refractivity contribution in [1.29, 1.82) is 0 Å². The number of aromatic nitrogens is 1. The molecule has 25 heavy (non-hydrogen) atoms. The number of thiazole rings is 1. The molecule has 0 aliphatic carbocycles. The van der Waals surface area contributed by atoms with Gasteiger partial charge in [0, 0.05) is 29.6 Å². The molecule has 0 unspecified atom stereocenters. The normalized spacial score (nSPS) is 10.5. The van der Waals surface area contributed by atoms with E-state index in [9.17, 15) is 14.4 Å². The zero-order valence-corrected chi connectivity index (χ0v) is 16.0. The van der Waals surface area contributed by atoms with E-state index in [1.807, 2.05) is 30.5 Å². The van der Waals surface area contributed by atoms with E-state index < -0.39 is 5.97 Å². The van der Waals surface area contributed by atoms with Crippen molar-refractivity contribution < 1.29 is 14.3 Å². The van der Waals surface area contributed by atoms with Crippen LogP contribution in [-0.4, -0.2) is 41.3 Å². The van der Waals surface area contributed by atoms with Gasteiger partial charge in [-0.3, -0.25) is 19.0 Å². The van der Waals surface area contributed by atoms with Crippen molar-refractivity contribution in [1.82, 2.24) is 9.47 Å². The smallest absolute Gasteiger partial charge is 0.326 e. The summed E-state index contributed by atoms with van der Waals surface area (Å²) in [7, 11) is 1.66. The van der Waals surface area contributed by atoms with Gasteiger partial charge in [-0.25, -0.2) is 0 Å². The molecule has 0 aliphatic rings. The van der Waals surface area contributed by atoms with Crippen molar-refractivity contribution in [3.63, 3.8) is 0 Å². The first kappa shape index (κ1) is 19.3. The fourth-order valence-corrected chi connectivity index (χ4v) is 3.26. The number of nitrogens with zero attached hydrogens (tertiary/aromatic N) is 2. The van der Waals surface area contributed by atoms with Gasteiger partial charge in [-0.05, 0) is 30.9 Å². The minimum absolute atomic E-state index is 0.179. The number of ether oxygens (including phenoxy) is 1. The molecule has 0 aliphatic heterocycles. The summed E-state index contributed by atoms with van der Waals surface area (Å²) in [5, 5.41) is 1.68. The SMILES string of the molecule is CSc1ccc(CN(C)C(=O)COC(=O)Cn2c(C)csc2=O)cc1. The Labute approximate surface area is 154 Å². The van der Waals surface area contributed by atoms with Crippen molar-refractivity contribution in [3.8, 4) is 0 Å². The molecule has 0 radical (unpaired) electrons. The monoisotopic (exact) mass is 380 g/mol. The number of benzene rings is 1. The Morgan fingerprint density at radius 2 is 1.96 bits per heavy atom. The Balaban J connectivity index is 1.82. The first-order chi connectivity index (χ1) is 11.9. The van der Waals surface area contributed by atoms with E-state index in [-0.39, 0.29) is 23.9 Å². The zero-order chi connectivity index (χ0) is 18.4. The highest BCUT2D eigenvalue weighted by atomic mass is 32.2. The molecule has 134 valence electrons. The molecule has 0 saturated carbocycles. The van der Waals surface area contributed by atoms with Gasteiger partial charge >= 0.3 is 10.8 Å². The van der Waals surface area contributed by atoms with Gasteiger partial charge in [-0.2, -0.15) is 0 Å². The number of carbonyl (C=O) groups excluding carboxylic acids is 2. The zero-order valence-electron chi connectivity index (χ0n) is 14.4. The molecule has 2 rings (SSSR count). The summed E-state index contributed by atoms with van der Waals surface area (Å²) < 4.78 is 6.32. The number of likely N-dealkylation sites (N-methyl/N-ethyl adjacent to an activating group) is 1. The lowest BCUT2D eigenvalue weighted by atomic mass is 10.2. The molecule has 6 nitrogen and oxygen atoms in total. The largest absolute Gasteiger partial charge is 0.454 e. The second kappa shape index (κ2) is 8.87. The number of hydrogen-bond donors (Lipinski definition) is 0. The molecule has 0 bridgehead atoms. The van der Waals surface area contributed by atoms with Crippen molar-refractivity contribution in [3.05, 3.63) is 50.6 Å². The molecule has 0 atom stereocenters. The van der Waals surface area contributed by atoms with Crippen LogP contribution >= 0.6 is 23.1 Å². The maximum absolute atomic E-state index is 12.1. The van der Waals surface area contributed by atoms with Crippen LogP contribution < -0.4 is 4.87 Å². The van der Waals surface area contributed by atoms with Crippen molar-refractivity contribution in [2.24, 2.45) is 0 Å². The lowest BCUT2D eigenvalue weighted by Gasteiger charge is -2.17. The first-order valence-electron chi connectivity index (χ1n) is 7.58. The van der Waals surface area contributed by atoms with E-state index in [2.05, 4.69) is 0 Å². The van der Waals surface area contributed by atoms with E-state index >= 15 is 0 Å². The average molecular weight is 380 g/mol. The van der Waals surface area contributed by atoms with Crippen molar-refractivity contribution >= 4 is 35.0 Å². The van der Waals surface area contributed by atoms with E-state index in [4.69, 9.17) is 4.74 Å². The van der Waals surface area contributed by atoms with Crippen molar-refractivity contribution in [2.75, 3.05) is 19.9 Å². The first-order valence-corrected chi connectivity index (χ1v) is 9.68. The lowest BCUT2D eigenvalue weighted by Crippen LogP contribution is -2.32. The number of amides is 1. The standard InChI is InChI=1S/C17H20N2O4S2/c1-12-11-25-17(22)19(12)9-16(21)23-10-15(20)18(2)8-13-4-6-14(24-3)7-5-13/h4-7,11H,8-10H2,1-3H3. The van der Waals surface area contributed by atoms with Crippen molar-refractivity contribution in [2.45, 2.75) is 24.9 Å². The van der Waals surface area contributed by atoms with E-state index in [0.29, 0.717) is 12.2 Å². The summed E-state index contributed by atoms with van der Waals surface area (Å²) in [4.78, 5) is 37.9. The quantitative estimate of drug-likeness (QED) is 0.544. The third-order valence-electron chi connectivity index (χ3n) is 3.62. The van der Waals surface area contributed by atoms with Crippen LogP contribution in [0.4, 0.5) is 0 Å². The molecule has 0 fully saturated rings. The molecule has 1 aromatic heterocycles. The highest BCUT2D eigenvalue weighted by molar-refractivity contribution is 7.98. The molecular formula is C17H20N2O4S2. The van der Waals surface area contributed by atoms with Gasteiger partial charge in [-0.1, -0.05) is 23.5 Å². The predicted molar refractivity (Wildman–Crippen MR) is 99.0 cm³/mol. The van der Waals surface area contributed by atoms with E-state index in [0.717, 1.165) is 21.8 Å². The number of aryl methyl sites for hydroxylation is 1. The van der Waals surface area contributed by atoms with Gasteiger partial charge in [0.05, 0.1) is 0 Å². The summed E-state index contributed by atoms with van der Waals surface area (Å²) in [5.41, 5.74) is 1.70. The topological polar surface area (TPSA) is 68.6 Å². The van der Waals surface area contributed by atoms with Gasteiger partial charge in [0.15, 0.2) is 6.61 Å². The maximum atomic E-state index is 12.1. The number of rotatable bonds is 7. The molecule has 0 spiro atoms. The number of hydrogen-bond acceptors (Lipinski definition) is 6. The number of esters is 1. The Morgan fingerprint density at radius 3 is 2.52 bits per heavy atom. The Hall–Kier alpha value is -2.06. The third-order valence-corrected chi connectivity index (χ3v) is 5.25. The minimum Gasteiger partial charge on any atom is -0.454 e. The Kier molecular flexibility index (Phi) is 6.83. The second-order valence-electron chi connectivity index (χ2n) is 5.49. The average Bonchev–Trinajstić information content (AvgIpc) is 2.92. The Bertz CT molecular complexity index is 796. The molecular weight excluding hydrogens is 360 g/mol. The maximum Gasteiger partial charge on any atom is 0.326 e. The number of thioether (sulfide) groups is 1. The predicted octanol–water partition coefficient (Wildman–Crippen LogP) is 2.14. The van der Waals surface area contributed by atoms with Crippen LogP contribution in [0.2, 0.25) is 0 Å². The van der Waals surface area contributed by atoms with Crippen LogP contribution in [-0.2, 0) is 27.4 Å². The summed E-state index contributed by atoms with van der Waals surface area (Å²) >= 11 is 2.68. The summed E-state index contributed by atoms with van der Waals surface area (Å²) in [6, 6.07) is 7.93. The molecule has 0 N–H and O–H groups in total. The van der Waals surface area contributed by atoms with Crippen LogP contribution in [0.3, 0.4) is 0 Å². The minimum atomic E-state index is -0.602. The lowest BCUT2D eigenvalue weighted by molar-refractivity contribution is -0.152. The molecule has 2 aromatic rings. The van der Waals surface area contributed by atoms with Crippen LogP contribution in [0.1, 0.15) is 11.3 Å². The summed E-state index contributed by atoms with van der Waals surface area (Å²) in [5.74, 6) is -0.897. The Morgan fingerprint density at radius 1 is 1.28 bits per heavy atom. The summed E-state index contributed by atoms with van der Waals surface area (Å²) in [6.07, 6.45) is 2.00. The number of carbonyl (C=O) groups is 2. The van der Waals surface area contributed by atoms with Crippen LogP contribution in [0.25, 0.3) is 0 Å². The van der Waals surface area contributed by atoms with Gasteiger partial charge in [0.25, 0.3) is 5.91 Å². The highest BCUT2D eigenvalue weighted by Crippen LogP contribution is 2.15. The van der Waals surface area contributed by atoms with Gasteiger partial charge in [-0.15, -0.1) is 11.8 Å². The fourth-order valence-electron chi connectivity index (χ4n) is 2.12. The van der Waals surface area contributed by atoms with E-state index in [1.54, 1.807) is 31.1 Å².